The fraction of sp³-hybridized carbons (Fsp3) is 0.0556. The van der Waals surface area contributed by atoms with Crippen LogP contribution < -0.4 is 5.32 Å². The number of aromatic nitrogens is 2. The third-order valence-electron chi connectivity index (χ3n) is 4.02. The molecule has 8 heteroatoms. The Hall–Kier alpha value is -3.39. The van der Waals surface area contributed by atoms with Crippen molar-refractivity contribution >= 4 is 34.2 Å². The normalized spacial score (nSPS) is 13.0. The number of carbonyl (C=O) groups is 3. The number of rotatable bonds is 4. The van der Waals surface area contributed by atoms with Crippen LogP contribution in [0.15, 0.2) is 54.0 Å². The lowest BCUT2D eigenvalue weighted by molar-refractivity contribution is 0.0642. The number of fused-ring (bicyclic) bond motifs is 1. The molecule has 0 unspecified atom stereocenters. The summed E-state index contributed by atoms with van der Waals surface area (Å²) in [6, 6.07) is 13.5. The topological polar surface area (TPSA) is 92.3 Å². The highest BCUT2D eigenvalue weighted by atomic mass is 32.1. The van der Waals surface area contributed by atoms with Crippen LogP contribution in [0.1, 0.15) is 36.6 Å². The lowest BCUT2D eigenvalue weighted by Crippen LogP contribution is -2.29. The molecular weight excluding hydrogens is 352 g/mol. The summed E-state index contributed by atoms with van der Waals surface area (Å²) in [5.74, 6) is -0.901. The Morgan fingerprint density at radius 1 is 1.00 bits per heavy atom. The number of carbonyl (C=O) groups excluding carboxylic acids is 3. The zero-order valence-corrected chi connectivity index (χ0v) is 14.2. The summed E-state index contributed by atoms with van der Waals surface area (Å²) in [6.07, 6.45) is 0. The molecular formula is C18H12N4O3S. The zero-order valence-electron chi connectivity index (χ0n) is 13.4. The van der Waals surface area contributed by atoms with E-state index < -0.39 is 0 Å². The third-order valence-corrected chi connectivity index (χ3v) is 4.62. The first-order valence-corrected chi connectivity index (χ1v) is 8.63. The molecule has 1 aromatic heterocycles. The summed E-state index contributed by atoms with van der Waals surface area (Å²) in [5, 5.41) is 10.5. The van der Waals surface area contributed by atoms with E-state index in [1.165, 1.54) is 21.7 Å². The van der Waals surface area contributed by atoms with E-state index in [2.05, 4.69) is 15.5 Å². The van der Waals surface area contributed by atoms with Gasteiger partial charge in [0.05, 0.1) is 17.7 Å². The van der Waals surface area contributed by atoms with Gasteiger partial charge >= 0.3 is 0 Å². The van der Waals surface area contributed by atoms with Crippen LogP contribution in [-0.2, 0) is 6.54 Å². The summed E-state index contributed by atoms with van der Waals surface area (Å²) in [4.78, 5) is 38.1. The lowest BCUT2D eigenvalue weighted by atomic mass is 10.1. The maximum atomic E-state index is 12.4. The van der Waals surface area contributed by atoms with Crippen molar-refractivity contribution < 1.29 is 14.4 Å². The Kier molecular flexibility index (Phi) is 4.02. The monoisotopic (exact) mass is 364 g/mol. The molecule has 0 saturated heterocycles. The SMILES string of the molecule is O=C(Nc1nncs1)c1ccc(CN2C(=O)c3ccccc3C2=O)cc1. The molecule has 0 aliphatic carbocycles. The summed E-state index contributed by atoms with van der Waals surface area (Å²) in [7, 11) is 0. The van der Waals surface area contributed by atoms with Gasteiger partial charge in [0.1, 0.15) is 5.51 Å². The minimum Gasteiger partial charge on any atom is -0.296 e. The van der Waals surface area contributed by atoms with Crippen LogP contribution in [0.5, 0.6) is 0 Å². The van der Waals surface area contributed by atoms with Gasteiger partial charge in [-0.15, -0.1) is 10.2 Å². The van der Waals surface area contributed by atoms with Gasteiger partial charge in [-0.3, -0.25) is 24.6 Å². The first kappa shape index (κ1) is 16.1. The molecule has 2 aromatic carbocycles. The van der Waals surface area contributed by atoms with Crippen molar-refractivity contribution in [2.75, 3.05) is 5.32 Å². The molecule has 0 saturated carbocycles. The maximum Gasteiger partial charge on any atom is 0.261 e. The van der Waals surface area contributed by atoms with Crippen LogP contribution in [0.3, 0.4) is 0 Å². The number of nitrogens with zero attached hydrogens (tertiary/aromatic N) is 3. The number of imide groups is 1. The Balaban J connectivity index is 1.48. The zero-order chi connectivity index (χ0) is 18.1. The quantitative estimate of drug-likeness (QED) is 0.719. The van der Waals surface area contributed by atoms with E-state index in [0.29, 0.717) is 21.8 Å². The number of anilines is 1. The molecule has 3 aromatic rings. The van der Waals surface area contributed by atoms with Gasteiger partial charge in [0.2, 0.25) is 5.13 Å². The van der Waals surface area contributed by atoms with Crippen molar-refractivity contribution in [1.82, 2.24) is 15.1 Å². The second-order valence-electron chi connectivity index (χ2n) is 5.64. The smallest absolute Gasteiger partial charge is 0.261 e. The van der Waals surface area contributed by atoms with Crippen molar-refractivity contribution in [2.45, 2.75) is 6.54 Å². The van der Waals surface area contributed by atoms with Crippen molar-refractivity contribution in [3.63, 3.8) is 0 Å². The first-order chi connectivity index (χ1) is 12.6. The number of hydrogen-bond acceptors (Lipinski definition) is 6. The molecule has 0 fully saturated rings. The van der Waals surface area contributed by atoms with E-state index in [9.17, 15) is 14.4 Å². The molecule has 0 bridgehead atoms. The van der Waals surface area contributed by atoms with Crippen molar-refractivity contribution in [2.24, 2.45) is 0 Å². The van der Waals surface area contributed by atoms with Gasteiger partial charge in [-0.25, -0.2) is 0 Å². The van der Waals surface area contributed by atoms with Crippen LogP contribution in [-0.4, -0.2) is 32.8 Å². The van der Waals surface area contributed by atoms with Crippen LogP contribution >= 0.6 is 11.3 Å². The van der Waals surface area contributed by atoms with Gasteiger partial charge in [-0.2, -0.15) is 0 Å². The fourth-order valence-corrected chi connectivity index (χ4v) is 3.16. The van der Waals surface area contributed by atoms with Gasteiger partial charge in [-0.05, 0) is 29.8 Å². The molecule has 1 aliphatic rings. The van der Waals surface area contributed by atoms with E-state index in [0.717, 1.165) is 5.56 Å². The maximum absolute atomic E-state index is 12.4. The van der Waals surface area contributed by atoms with E-state index in [1.807, 2.05) is 0 Å². The summed E-state index contributed by atoms with van der Waals surface area (Å²) in [6.45, 7) is 0.157. The van der Waals surface area contributed by atoms with Gasteiger partial charge in [0, 0.05) is 5.56 Å². The molecule has 26 heavy (non-hydrogen) atoms. The molecule has 0 atom stereocenters. The average Bonchev–Trinajstić information content (AvgIpc) is 3.25. The minimum absolute atomic E-state index is 0.157. The number of benzene rings is 2. The van der Waals surface area contributed by atoms with Gasteiger partial charge in [-0.1, -0.05) is 35.6 Å². The van der Waals surface area contributed by atoms with E-state index in [4.69, 9.17) is 0 Å². The van der Waals surface area contributed by atoms with Crippen molar-refractivity contribution in [3.05, 3.63) is 76.3 Å². The van der Waals surface area contributed by atoms with Crippen molar-refractivity contribution in [1.29, 1.82) is 0 Å². The van der Waals surface area contributed by atoms with Crippen LogP contribution in [0, 0.1) is 0 Å². The van der Waals surface area contributed by atoms with Crippen LogP contribution in [0.4, 0.5) is 5.13 Å². The van der Waals surface area contributed by atoms with Gasteiger partial charge in [0.15, 0.2) is 0 Å². The Labute approximate surface area is 152 Å². The summed E-state index contributed by atoms with van der Waals surface area (Å²) < 4.78 is 0. The standard InChI is InChI=1S/C18H12N4O3S/c23-15(20-18-21-19-10-26-18)12-7-5-11(6-8-12)9-22-16(24)13-3-1-2-4-14(13)17(22)25/h1-8,10H,9H2,(H,20,21,23). The third kappa shape index (κ3) is 2.86. The second kappa shape index (κ2) is 6.49. The van der Waals surface area contributed by atoms with Crippen molar-refractivity contribution in [3.8, 4) is 0 Å². The number of hydrogen-bond donors (Lipinski definition) is 1. The first-order valence-electron chi connectivity index (χ1n) is 7.75. The van der Waals surface area contributed by atoms with Gasteiger partial charge < -0.3 is 0 Å². The highest BCUT2D eigenvalue weighted by Gasteiger charge is 2.34. The van der Waals surface area contributed by atoms with Crippen LogP contribution in [0.2, 0.25) is 0 Å². The summed E-state index contributed by atoms with van der Waals surface area (Å²) in [5.41, 5.74) is 3.58. The number of amides is 3. The predicted octanol–water partition coefficient (Wildman–Crippen LogP) is 2.59. The minimum atomic E-state index is -0.302. The molecule has 0 radical (unpaired) electrons. The summed E-state index contributed by atoms with van der Waals surface area (Å²) >= 11 is 1.23. The molecule has 2 heterocycles. The lowest BCUT2D eigenvalue weighted by Gasteiger charge is -2.14. The predicted molar refractivity (Wildman–Crippen MR) is 95.0 cm³/mol. The molecule has 128 valence electrons. The molecule has 7 nitrogen and oxygen atoms in total. The molecule has 3 amide bonds. The van der Waals surface area contributed by atoms with E-state index in [1.54, 1.807) is 48.5 Å². The second-order valence-corrected chi connectivity index (χ2v) is 6.47. The Bertz CT molecular complexity index is 965. The molecule has 0 spiro atoms. The molecule has 1 N–H and O–H groups in total. The Morgan fingerprint density at radius 2 is 1.65 bits per heavy atom. The van der Waals surface area contributed by atoms with E-state index >= 15 is 0 Å². The number of nitrogens with one attached hydrogen (secondary N) is 1. The van der Waals surface area contributed by atoms with E-state index in [-0.39, 0.29) is 24.3 Å². The Morgan fingerprint density at radius 3 is 2.23 bits per heavy atom. The highest BCUT2D eigenvalue weighted by molar-refractivity contribution is 7.13. The fourth-order valence-electron chi connectivity index (χ4n) is 2.72. The van der Waals surface area contributed by atoms with Crippen LogP contribution in [0.25, 0.3) is 0 Å². The molecule has 1 aliphatic heterocycles. The largest absolute Gasteiger partial charge is 0.296 e. The van der Waals surface area contributed by atoms with Gasteiger partial charge in [0.25, 0.3) is 17.7 Å². The molecule has 4 rings (SSSR count). The average molecular weight is 364 g/mol. The highest BCUT2D eigenvalue weighted by Crippen LogP contribution is 2.24.